The van der Waals surface area contributed by atoms with Crippen molar-refractivity contribution < 1.29 is 0 Å². The van der Waals surface area contributed by atoms with Crippen molar-refractivity contribution in [1.82, 2.24) is 9.78 Å². The molecule has 102 valence electrons. The number of hydrogen-bond donors (Lipinski definition) is 1. The van der Waals surface area contributed by atoms with E-state index in [-0.39, 0.29) is 0 Å². The van der Waals surface area contributed by atoms with Gasteiger partial charge in [-0.15, -0.1) is 0 Å². The molecule has 0 aliphatic carbocycles. The quantitative estimate of drug-likeness (QED) is 0.897. The maximum absolute atomic E-state index is 6.20. The van der Waals surface area contributed by atoms with Gasteiger partial charge in [0.1, 0.15) is 0 Å². The third-order valence-corrected chi connectivity index (χ3v) is 4.17. The zero-order valence-electron chi connectivity index (χ0n) is 11.9. The molecular formula is C14H26N4. The van der Waals surface area contributed by atoms with Gasteiger partial charge in [-0.1, -0.05) is 13.3 Å². The summed E-state index contributed by atoms with van der Waals surface area (Å²) >= 11 is 0. The molecule has 1 fully saturated rings. The average Bonchev–Trinajstić information content (AvgIpc) is 2.58. The fraction of sp³-hybridized carbons (Fsp3) is 0.786. The van der Waals surface area contributed by atoms with Crippen LogP contribution >= 0.6 is 0 Å². The van der Waals surface area contributed by atoms with Gasteiger partial charge in [0.05, 0.1) is 11.4 Å². The van der Waals surface area contributed by atoms with E-state index in [1.54, 1.807) is 0 Å². The highest BCUT2D eigenvalue weighted by atomic mass is 15.4. The van der Waals surface area contributed by atoms with Crippen LogP contribution in [0.15, 0.2) is 0 Å². The first kappa shape index (κ1) is 13.2. The van der Waals surface area contributed by atoms with Crippen LogP contribution in [-0.2, 0) is 6.54 Å². The van der Waals surface area contributed by atoms with Crippen LogP contribution in [0.3, 0.4) is 0 Å². The summed E-state index contributed by atoms with van der Waals surface area (Å²) < 4.78 is 2.05. The van der Waals surface area contributed by atoms with Crippen LogP contribution in [0.2, 0.25) is 0 Å². The standard InChI is InChI=1S/C14H26N4/c1-4-12-7-6-9-17(10-8-12)14-13(15)11(3)16-18(14)5-2/h12H,4-10,15H2,1-3H3. The van der Waals surface area contributed by atoms with Crippen LogP contribution in [0.4, 0.5) is 11.5 Å². The molecule has 0 aromatic carbocycles. The molecule has 1 aromatic heterocycles. The number of aromatic nitrogens is 2. The zero-order valence-corrected chi connectivity index (χ0v) is 11.9. The summed E-state index contributed by atoms with van der Waals surface area (Å²) in [6.45, 7) is 9.55. The van der Waals surface area contributed by atoms with E-state index in [2.05, 4.69) is 28.5 Å². The summed E-state index contributed by atoms with van der Waals surface area (Å²) in [5.41, 5.74) is 8.03. The van der Waals surface area contributed by atoms with E-state index in [9.17, 15) is 0 Å². The lowest BCUT2D eigenvalue weighted by molar-refractivity contribution is 0.459. The molecule has 0 radical (unpaired) electrons. The Kier molecular flexibility index (Phi) is 4.15. The van der Waals surface area contributed by atoms with Crippen LogP contribution < -0.4 is 10.6 Å². The first-order valence-electron chi connectivity index (χ1n) is 7.25. The summed E-state index contributed by atoms with van der Waals surface area (Å²) in [5, 5.41) is 4.52. The first-order valence-corrected chi connectivity index (χ1v) is 7.25. The van der Waals surface area contributed by atoms with E-state index in [1.807, 2.05) is 6.92 Å². The smallest absolute Gasteiger partial charge is 0.150 e. The highest BCUT2D eigenvalue weighted by molar-refractivity contribution is 5.66. The van der Waals surface area contributed by atoms with Gasteiger partial charge < -0.3 is 10.6 Å². The molecule has 1 aliphatic heterocycles. The van der Waals surface area contributed by atoms with Gasteiger partial charge in [-0.2, -0.15) is 5.10 Å². The van der Waals surface area contributed by atoms with Crippen molar-refractivity contribution >= 4 is 11.5 Å². The maximum atomic E-state index is 6.20. The monoisotopic (exact) mass is 250 g/mol. The fourth-order valence-electron chi connectivity index (χ4n) is 2.92. The Bertz CT molecular complexity index is 397. The van der Waals surface area contributed by atoms with Gasteiger partial charge in [0.2, 0.25) is 0 Å². The van der Waals surface area contributed by atoms with Crippen LogP contribution in [0.25, 0.3) is 0 Å². The predicted molar refractivity (Wildman–Crippen MR) is 76.9 cm³/mol. The highest BCUT2D eigenvalue weighted by Gasteiger charge is 2.21. The van der Waals surface area contributed by atoms with Crippen LogP contribution in [0.5, 0.6) is 0 Å². The van der Waals surface area contributed by atoms with Gasteiger partial charge in [0.25, 0.3) is 0 Å². The SMILES string of the molecule is CCC1CCCN(c2c(N)c(C)nn2CC)CC1. The van der Waals surface area contributed by atoms with E-state index in [4.69, 9.17) is 5.73 Å². The van der Waals surface area contributed by atoms with Crippen molar-refractivity contribution in [1.29, 1.82) is 0 Å². The molecular weight excluding hydrogens is 224 g/mol. The van der Waals surface area contributed by atoms with Crippen molar-refractivity contribution in [3.63, 3.8) is 0 Å². The van der Waals surface area contributed by atoms with Crippen molar-refractivity contribution in [3.8, 4) is 0 Å². The number of hydrogen-bond acceptors (Lipinski definition) is 3. The predicted octanol–water partition coefficient (Wildman–Crippen LogP) is 2.81. The Balaban J connectivity index is 2.20. The summed E-state index contributed by atoms with van der Waals surface area (Å²) in [5.74, 6) is 2.03. The van der Waals surface area contributed by atoms with Gasteiger partial charge in [-0.05, 0) is 39.0 Å². The van der Waals surface area contributed by atoms with Crippen LogP contribution in [-0.4, -0.2) is 22.9 Å². The first-order chi connectivity index (χ1) is 8.67. The lowest BCUT2D eigenvalue weighted by Crippen LogP contribution is -2.27. The lowest BCUT2D eigenvalue weighted by atomic mass is 9.98. The molecule has 1 saturated heterocycles. The lowest BCUT2D eigenvalue weighted by Gasteiger charge is -2.24. The second kappa shape index (κ2) is 5.63. The van der Waals surface area contributed by atoms with E-state index >= 15 is 0 Å². The molecule has 0 saturated carbocycles. The molecule has 0 spiro atoms. The Hall–Kier alpha value is -1.19. The molecule has 1 atom stereocenters. The second-order valence-electron chi connectivity index (χ2n) is 5.33. The van der Waals surface area contributed by atoms with Gasteiger partial charge in [-0.3, -0.25) is 0 Å². The number of anilines is 2. The minimum atomic E-state index is 0.867. The van der Waals surface area contributed by atoms with Crippen molar-refractivity contribution in [3.05, 3.63) is 5.69 Å². The maximum Gasteiger partial charge on any atom is 0.150 e. The normalized spacial score (nSPS) is 21.1. The minimum Gasteiger partial charge on any atom is -0.394 e. The average molecular weight is 250 g/mol. The highest BCUT2D eigenvalue weighted by Crippen LogP contribution is 2.30. The number of rotatable bonds is 3. The molecule has 4 nitrogen and oxygen atoms in total. The topological polar surface area (TPSA) is 47.1 Å². The van der Waals surface area contributed by atoms with Gasteiger partial charge in [0.15, 0.2) is 5.82 Å². The van der Waals surface area contributed by atoms with Crippen LogP contribution in [0.1, 0.15) is 45.2 Å². The van der Waals surface area contributed by atoms with E-state index in [0.29, 0.717) is 0 Å². The number of nitrogen functional groups attached to an aromatic ring is 1. The van der Waals surface area contributed by atoms with E-state index in [1.165, 1.54) is 25.7 Å². The third kappa shape index (κ3) is 2.47. The fourth-order valence-corrected chi connectivity index (χ4v) is 2.92. The Labute approximate surface area is 110 Å². The molecule has 0 bridgehead atoms. The molecule has 2 heterocycles. The summed E-state index contributed by atoms with van der Waals surface area (Å²) in [6, 6.07) is 0. The largest absolute Gasteiger partial charge is 0.394 e. The number of nitrogens with two attached hydrogens (primary N) is 1. The Morgan fingerprint density at radius 2 is 2.06 bits per heavy atom. The Morgan fingerprint density at radius 1 is 1.28 bits per heavy atom. The molecule has 1 unspecified atom stereocenters. The second-order valence-corrected chi connectivity index (χ2v) is 5.33. The van der Waals surface area contributed by atoms with Gasteiger partial charge in [-0.25, -0.2) is 4.68 Å². The van der Waals surface area contributed by atoms with E-state index in [0.717, 1.165) is 42.8 Å². The summed E-state index contributed by atoms with van der Waals surface area (Å²) in [6.07, 6.45) is 5.21. The Morgan fingerprint density at radius 3 is 2.72 bits per heavy atom. The summed E-state index contributed by atoms with van der Waals surface area (Å²) in [4.78, 5) is 2.44. The minimum absolute atomic E-state index is 0.867. The van der Waals surface area contributed by atoms with Crippen molar-refractivity contribution in [2.45, 2.75) is 53.0 Å². The molecule has 4 heteroatoms. The van der Waals surface area contributed by atoms with Crippen molar-refractivity contribution in [2.75, 3.05) is 23.7 Å². The van der Waals surface area contributed by atoms with E-state index < -0.39 is 0 Å². The van der Waals surface area contributed by atoms with Crippen LogP contribution in [0, 0.1) is 12.8 Å². The summed E-state index contributed by atoms with van der Waals surface area (Å²) in [7, 11) is 0. The zero-order chi connectivity index (χ0) is 13.1. The third-order valence-electron chi connectivity index (χ3n) is 4.17. The molecule has 2 N–H and O–H groups in total. The van der Waals surface area contributed by atoms with Gasteiger partial charge in [0, 0.05) is 19.6 Å². The molecule has 18 heavy (non-hydrogen) atoms. The number of aryl methyl sites for hydroxylation is 2. The molecule has 1 aliphatic rings. The number of nitrogens with zero attached hydrogens (tertiary/aromatic N) is 3. The molecule has 0 amide bonds. The van der Waals surface area contributed by atoms with Crippen molar-refractivity contribution in [2.24, 2.45) is 5.92 Å². The van der Waals surface area contributed by atoms with Gasteiger partial charge >= 0.3 is 0 Å². The molecule has 2 rings (SSSR count). The molecule has 1 aromatic rings.